The Kier molecular flexibility index (Phi) is 8.74. The second-order valence-corrected chi connectivity index (χ2v) is 6.57. The zero-order chi connectivity index (χ0) is 19.9. The zero-order valence-corrected chi connectivity index (χ0v) is 18.8. The smallest absolute Gasteiger partial charge is 0.289 e. The highest BCUT2D eigenvalue weighted by Crippen LogP contribution is 2.13. The summed E-state index contributed by atoms with van der Waals surface area (Å²) < 4.78 is 23.9. The van der Waals surface area contributed by atoms with Crippen molar-refractivity contribution in [1.29, 1.82) is 0 Å². The first-order valence-electron chi connectivity index (χ1n) is 9.27. The maximum atomic E-state index is 13.0. The van der Waals surface area contributed by atoms with Gasteiger partial charge in [0.2, 0.25) is 0 Å². The Labute approximate surface area is 186 Å². The topological polar surface area (TPSA) is 70.3 Å². The van der Waals surface area contributed by atoms with Crippen LogP contribution in [0.15, 0.2) is 52.1 Å². The molecular formula is C20H26FIN4O3. The van der Waals surface area contributed by atoms with Gasteiger partial charge in [-0.05, 0) is 43.3 Å². The monoisotopic (exact) mass is 516 g/mol. The van der Waals surface area contributed by atoms with Crippen molar-refractivity contribution >= 4 is 35.8 Å². The molecular weight excluding hydrogens is 490 g/mol. The minimum atomic E-state index is -0.289. The molecule has 1 aromatic heterocycles. The number of amides is 1. The maximum Gasteiger partial charge on any atom is 0.289 e. The maximum absolute atomic E-state index is 13.0. The molecule has 158 valence electrons. The average Bonchev–Trinajstić information content (AvgIpc) is 3.25. The van der Waals surface area contributed by atoms with Gasteiger partial charge in [-0.3, -0.25) is 9.79 Å². The first-order chi connectivity index (χ1) is 13.6. The van der Waals surface area contributed by atoms with Gasteiger partial charge in [0.25, 0.3) is 5.91 Å². The van der Waals surface area contributed by atoms with Gasteiger partial charge in [-0.2, -0.15) is 0 Å². The van der Waals surface area contributed by atoms with Crippen LogP contribution in [0.4, 0.5) is 4.39 Å². The third-order valence-electron chi connectivity index (χ3n) is 4.51. The fourth-order valence-electron chi connectivity index (χ4n) is 3.03. The number of hydrogen-bond donors (Lipinski definition) is 1. The summed E-state index contributed by atoms with van der Waals surface area (Å²) in [6.07, 6.45) is 1.38. The molecule has 1 aliphatic rings. The van der Waals surface area contributed by atoms with Gasteiger partial charge in [-0.25, -0.2) is 4.39 Å². The van der Waals surface area contributed by atoms with Crippen LogP contribution in [0.2, 0.25) is 0 Å². The summed E-state index contributed by atoms with van der Waals surface area (Å²) in [6, 6.07) is 9.35. The number of guanidine groups is 1. The van der Waals surface area contributed by atoms with Gasteiger partial charge < -0.3 is 24.3 Å². The fourth-order valence-corrected chi connectivity index (χ4v) is 3.03. The van der Waals surface area contributed by atoms with Crippen molar-refractivity contribution < 1.29 is 18.3 Å². The Morgan fingerprint density at radius 3 is 2.45 bits per heavy atom. The van der Waals surface area contributed by atoms with E-state index in [1.54, 1.807) is 36.2 Å². The molecule has 0 saturated carbocycles. The molecule has 1 aliphatic heterocycles. The number of benzene rings is 1. The lowest BCUT2D eigenvalue weighted by atomic mass is 10.3. The normalized spacial score (nSPS) is 15.5. The van der Waals surface area contributed by atoms with Crippen molar-refractivity contribution in [2.75, 3.05) is 39.8 Å². The SMILES string of the molecule is CN=C(NCC(C)Oc1ccc(F)cc1)N1CCN(C(=O)c2ccco2)CC1.I. The van der Waals surface area contributed by atoms with Gasteiger partial charge in [0.15, 0.2) is 11.7 Å². The lowest BCUT2D eigenvalue weighted by Crippen LogP contribution is -2.54. The third-order valence-corrected chi connectivity index (χ3v) is 4.51. The molecule has 1 unspecified atom stereocenters. The van der Waals surface area contributed by atoms with Gasteiger partial charge in [-0.15, -0.1) is 24.0 Å². The van der Waals surface area contributed by atoms with Crippen LogP contribution in [0.3, 0.4) is 0 Å². The van der Waals surface area contributed by atoms with E-state index in [9.17, 15) is 9.18 Å². The summed E-state index contributed by atoms with van der Waals surface area (Å²) in [5.74, 6) is 1.37. The number of halogens is 2. The molecule has 0 spiro atoms. The number of carbonyl (C=O) groups excluding carboxylic acids is 1. The van der Waals surface area contributed by atoms with Crippen LogP contribution in [0.5, 0.6) is 5.75 Å². The molecule has 0 radical (unpaired) electrons. The summed E-state index contributed by atoms with van der Waals surface area (Å²) in [5.41, 5.74) is 0. The number of ether oxygens (including phenoxy) is 1. The molecule has 2 heterocycles. The summed E-state index contributed by atoms with van der Waals surface area (Å²) in [7, 11) is 1.73. The Hall–Kier alpha value is -2.30. The Bertz CT molecular complexity index is 791. The van der Waals surface area contributed by atoms with Crippen LogP contribution < -0.4 is 10.1 Å². The van der Waals surface area contributed by atoms with E-state index in [-0.39, 0.29) is 41.8 Å². The van der Waals surface area contributed by atoms with Crippen LogP contribution in [-0.4, -0.2) is 67.5 Å². The highest BCUT2D eigenvalue weighted by atomic mass is 127. The molecule has 1 amide bonds. The molecule has 1 N–H and O–H groups in total. The number of nitrogens with zero attached hydrogens (tertiary/aromatic N) is 3. The average molecular weight is 516 g/mol. The lowest BCUT2D eigenvalue weighted by molar-refractivity contribution is 0.0657. The highest BCUT2D eigenvalue weighted by Gasteiger charge is 2.25. The van der Waals surface area contributed by atoms with E-state index in [0.717, 1.165) is 5.96 Å². The standard InChI is InChI=1S/C20H25FN4O3.HI/c1-15(28-17-7-5-16(21)6-8-17)14-23-20(22-2)25-11-9-24(10-12-25)19(26)18-4-3-13-27-18;/h3-8,13,15H,9-12,14H2,1-2H3,(H,22,23);1H. The second kappa shape index (κ2) is 11.0. The first-order valence-corrected chi connectivity index (χ1v) is 9.27. The molecule has 9 heteroatoms. The number of carbonyl (C=O) groups is 1. The number of nitrogens with one attached hydrogen (secondary N) is 1. The van der Waals surface area contributed by atoms with E-state index in [1.807, 2.05) is 6.92 Å². The fraction of sp³-hybridized carbons (Fsp3) is 0.400. The van der Waals surface area contributed by atoms with E-state index < -0.39 is 0 Å². The van der Waals surface area contributed by atoms with E-state index >= 15 is 0 Å². The number of piperazine rings is 1. The largest absolute Gasteiger partial charge is 0.489 e. The van der Waals surface area contributed by atoms with Crippen LogP contribution in [0, 0.1) is 5.82 Å². The van der Waals surface area contributed by atoms with Crippen LogP contribution >= 0.6 is 24.0 Å². The van der Waals surface area contributed by atoms with Gasteiger partial charge in [-0.1, -0.05) is 0 Å². The number of aliphatic imine (C=N–C) groups is 1. The summed E-state index contributed by atoms with van der Waals surface area (Å²) >= 11 is 0. The van der Waals surface area contributed by atoms with Crippen LogP contribution in [0.25, 0.3) is 0 Å². The summed E-state index contributed by atoms with van der Waals surface area (Å²) in [5, 5.41) is 3.30. The molecule has 3 rings (SSSR count). The van der Waals surface area contributed by atoms with E-state index in [0.29, 0.717) is 44.2 Å². The van der Waals surface area contributed by atoms with Crippen molar-refractivity contribution in [3.05, 3.63) is 54.2 Å². The highest BCUT2D eigenvalue weighted by molar-refractivity contribution is 14.0. The lowest BCUT2D eigenvalue weighted by Gasteiger charge is -2.36. The molecule has 1 aromatic carbocycles. The van der Waals surface area contributed by atoms with Crippen LogP contribution in [-0.2, 0) is 0 Å². The zero-order valence-electron chi connectivity index (χ0n) is 16.5. The molecule has 1 saturated heterocycles. The van der Waals surface area contributed by atoms with Gasteiger partial charge in [0, 0.05) is 33.2 Å². The molecule has 0 bridgehead atoms. The van der Waals surface area contributed by atoms with Crippen LogP contribution in [0.1, 0.15) is 17.5 Å². The van der Waals surface area contributed by atoms with E-state index in [4.69, 9.17) is 9.15 Å². The predicted molar refractivity (Wildman–Crippen MR) is 119 cm³/mol. The second-order valence-electron chi connectivity index (χ2n) is 6.57. The minimum Gasteiger partial charge on any atom is -0.489 e. The molecule has 1 fully saturated rings. The van der Waals surface area contributed by atoms with Crippen molar-refractivity contribution in [3.63, 3.8) is 0 Å². The van der Waals surface area contributed by atoms with Crippen molar-refractivity contribution in [2.24, 2.45) is 4.99 Å². The van der Waals surface area contributed by atoms with Gasteiger partial charge >= 0.3 is 0 Å². The quantitative estimate of drug-likeness (QED) is 0.376. The Morgan fingerprint density at radius 1 is 1.21 bits per heavy atom. The van der Waals surface area contributed by atoms with Crippen molar-refractivity contribution in [2.45, 2.75) is 13.0 Å². The molecule has 2 aromatic rings. The van der Waals surface area contributed by atoms with Crippen molar-refractivity contribution in [1.82, 2.24) is 15.1 Å². The van der Waals surface area contributed by atoms with Crippen molar-refractivity contribution in [3.8, 4) is 5.75 Å². The van der Waals surface area contributed by atoms with E-state index in [1.165, 1.54) is 18.4 Å². The molecule has 0 aliphatic carbocycles. The molecule has 29 heavy (non-hydrogen) atoms. The van der Waals surface area contributed by atoms with E-state index in [2.05, 4.69) is 15.2 Å². The Morgan fingerprint density at radius 2 is 1.86 bits per heavy atom. The minimum absolute atomic E-state index is 0. The number of hydrogen-bond acceptors (Lipinski definition) is 4. The van der Waals surface area contributed by atoms with Gasteiger partial charge in [0.1, 0.15) is 17.7 Å². The molecule has 7 nitrogen and oxygen atoms in total. The third kappa shape index (κ3) is 6.34. The number of furan rings is 1. The summed E-state index contributed by atoms with van der Waals surface area (Å²) in [4.78, 5) is 20.6. The number of rotatable bonds is 5. The predicted octanol–water partition coefficient (Wildman–Crippen LogP) is 2.84. The molecule has 1 atom stereocenters. The first kappa shape index (κ1) is 23.0. The van der Waals surface area contributed by atoms with Gasteiger partial charge in [0.05, 0.1) is 12.8 Å². The Balaban J connectivity index is 0.00000300. The summed E-state index contributed by atoms with van der Waals surface area (Å²) in [6.45, 7) is 5.04.